The van der Waals surface area contributed by atoms with Crippen LogP contribution in [-0.2, 0) is 6.54 Å². The number of piperidine rings is 1. The highest BCUT2D eigenvalue weighted by atomic mass is 16.5. The number of hydrogen-bond donors (Lipinski definition) is 0. The van der Waals surface area contributed by atoms with Gasteiger partial charge in [0.25, 0.3) is 11.9 Å². The summed E-state index contributed by atoms with van der Waals surface area (Å²) < 4.78 is 7.21. The third kappa shape index (κ3) is 4.00. The average molecular weight is 346 g/mol. The van der Waals surface area contributed by atoms with E-state index < -0.39 is 0 Å². The zero-order valence-corrected chi connectivity index (χ0v) is 15.3. The minimum Gasteiger partial charge on any atom is -0.344 e. The molecule has 0 spiro atoms. The fourth-order valence-corrected chi connectivity index (χ4v) is 3.03. The molecule has 1 aliphatic rings. The first-order chi connectivity index (χ1) is 11.9. The van der Waals surface area contributed by atoms with Gasteiger partial charge in [0.1, 0.15) is 0 Å². The Morgan fingerprint density at radius 1 is 1.36 bits per heavy atom. The van der Waals surface area contributed by atoms with E-state index >= 15 is 0 Å². The van der Waals surface area contributed by atoms with Crippen molar-refractivity contribution in [2.45, 2.75) is 39.2 Å². The van der Waals surface area contributed by atoms with Crippen molar-refractivity contribution in [2.75, 3.05) is 32.1 Å². The number of hydrogen-bond acceptors (Lipinski definition) is 6. The summed E-state index contributed by atoms with van der Waals surface area (Å²) in [7, 11) is 3.77. The predicted molar refractivity (Wildman–Crippen MR) is 93.6 cm³/mol. The third-order valence-electron chi connectivity index (χ3n) is 4.39. The van der Waals surface area contributed by atoms with E-state index in [0.29, 0.717) is 36.4 Å². The van der Waals surface area contributed by atoms with Crippen LogP contribution in [0.1, 0.15) is 48.9 Å². The summed E-state index contributed by atoms with van der Waals surface area (Å²) in [5.41, 5.74) is 0.659. The van der Waals surface area contributed by atoms with Crippen molar-refractivity contribution in [2.24, 2.45) is 5.92 Å². The van der Waals surface area contributed by atoms with Crippen molar-refractivity contribution in [1.29, 1.82) is 0 Å². The quantitative estimate of drug-likeness (QED) is 0.824. The van der Waals surface area contributed by atoms with Crippen LogP contribution in [0.3, 0.4) is 0 Å². The van der Waals surface area contributed by atoms with Crippen molar-refractivity contribution in [3.05, 3.63) is 23.8 Å². The Kier molecular flexibility index (Phi) is 5.06. The lowest BCUT2D eigenvalue weighted by Crippen LogP contribution is -2.37. The molecule has 0 aliphatic carbocycles. The van der Waals surface area contributed by atoms with Gasteiger partial charge in [0, 0.05) is 45.8 Å². The molecule has 0 atom stereocenters. The van der Waals surface area contributed by atoms with Gasteiger partial charge in [-0.2, -0.15) is 10.1 Å². The molecule has 0 saturated carbocycles. The highest BCUT2D eigenvalue weighted by Gasteiger charge is 2.28. The summed E-state index contributed by atoms with van der Waals surface area (Å²) in [6, 6.07) is 0. The Morgan fingerprint density at radius 3 is 2.68 bits per heavy atom. The molecule has 2 aromatic heterocycles. The van der Waals surface area contributed by atoms with Gasteiger partial charge in [0.2, 0.25) is 5.89 Å². The molecule has 25 heavy (non-hydrogen) atoms. The van der Waals surface area contributed by atoms with Crippen LogP contribution in [0.2, 0.25) is 0 Å². The van der Waals surface area contributed by atoms with Crippen molar-refractivity contribution in [3.8, 4) is 0 Å². The fourth-order valence-electron chi connectivity index (χ4n) is 3.03. The maximum Gasteiger partial charge on any atom is 0.265 e. The normalized spacial score (nSPS) is 15.8. The third-order valence-corrected chi connectivity index (χ3v) is 4.39. The first-order valence-electron chi connectivity index (χ1n) is 8.76. The summed E-state index contributed by atoms with van der Waals surface area (Å²) in [6.45, 7) is 6.47. The molecule has 3 rings (SSSR count). The van der Waals surface area contributed by atoms with Crippen LogP contribution >= 0.6 is 0 Å². The fraction of sp³-hybridized carbons (Fsp3) is 0.647. The topological polar surface area (TPSA) is 80.3 Å². The molecular formula is C17H26N6O2. The lowest BCUT2D eigenvalue weighted by Gasteiger charge is -2.30. The molecule has 3 heterocycles. The van der Waals surface area contributed by atoms with E-state index in [4.69, 9.17) is 4.52 Å². The molecule has 0 radical (unpaired) electrons. The van der Waals surface area contributed by atoms with Gasteiger partial charge >= 0.3 is 0 Å². The molecule has 0 N–H and O–H groups in total. The SMILES string of the molecule is CC(C)Cn1cc(C(=O)N2CCC(c3nc(N(C)C)no3)CC2)cn1. The molecule has 1 saturated heterocycles. The van der Waals surface area contributed by atoms with E-state index in [9.17, 15) is 4.79 Å². The highest BCUT2D eigenvalue weighted by molar-refractivity contribution is 5.93. The van der Waals surface area contributed by atoms with Gasteiger partial charge in [-0.1, -0.05) is 13.8 Å². The van der Waals surface area contributed by atoms with E-state index in [0.717, 1.165) is 19.4 Å². The number of amides is 1. The Morgan fingerprint density at radius 2 is 2.08 bits per heavy atom. The Labute approximate surface area is 147 Å². The van der Waals surface area contributed by atoms with Crippen molar-refractivity contribution < 1.29 is 9.32 Å². The van der Waals surface area contributed by atoms with Crippen LogP contribution in [0.15, 0.2) is 16.9 Å². The predicted octanol–water partition coefficient (Wildman–Crippen LogP) is 2.01. The second kappa shape index (κ2) is 7.25. The molecule has 1 amide bonds. The van der Waals surface area contributed by atoms with E-state index in [1.54, 1.807) is 6.20 Å². The van der Waals surface area contributed by atoms with E-state index in [1.165, 1.54) is 0 Å². The van der Waals surface area contributed by atoms with Gasteiger partial charge in [-0.3, -0.25) is 9.48 Å². The molecule has 0 aromatic carbocycles. The minimum atomic E-state index is 0.0490. The average Bonchev–Trinajstić information content (AvgIpc) is 3.23. The van der Waals surface area contributed by atoms with Crippen molar-refractivity contribution >= 4 is 11.9 Å². The Bertz CT molecular complexity index is 712. The molecule has 136 valence electrons. The molecule has 0 unspecified atom stereocenters. The summed E-state index contributed by atoms with van der Waals surface area (Å²) in [6.07, 6.45) is 5.18. The van der Waals surface area contributed by atoms with Gasteiger partial charge in [0.15, 0.2) is 0 Å². The van der Waals surface area contributed by atoms with E-state index in [2.05, 4.69) is 29.1 Å². The molecule has 1 fully saturated rings. The van der Waals surface area contributed by atoms with E-state index in [-0.39, 0.29) is 11.8 Å². The number of nitrogens with zero attached hydrogens (tertiary/aromatic N) is 6. The van der Waals surface area contributed by atoms with Crippen molar-refractivity contribution in [1.82, 2.24) is 24.8 Å². The number of likely N-dealkylation sites (tertiary alicyclic amines) is 1. The van der Waals surface area contributed by atoms with Gasteiger partial charge in [-0.25, -0.2) is 0 Å². The number of carbonyl (C=O) groups is 1. The van der Waals surface area contributed by atoms with Gasteiger partial charge in [0.05, 0.1) is 11.8 Å². The summed E-state index contributed by atoms with van der Waals surface area (Å²) in [5, 5.41) is 8.25. The maximum absolute atomic E-state index is 12.6. The molecular weight excluding hydrogens is 320 g/mol. The molecule has 8 heteroatoms. The lowest BCUT2D eigenvalue weighted by molar-refractivity contribution is 0.0704. The number of rotatable bonds is 5. The first-order valence-corrected chi connectivity index (χ1v) is 8.76. The zero-order chi connectivity index (χ0) is 18.0. The molecule has 8 nitrogen and oxygen atoms in total. The highest BCUT2D eigenvalue weighted by Crippen LogP contribution is 2.28. The van der Waals surface area contributed by atoms with Gasteiger partial charge in [-0.15, -0.1) is 0 Å². The summed E-state index contributed by atoms with van der Waals surface area (Å²) in [4.78, 5) is 20.8. The van der Waals surface area contributed by atoms with Crippen molar-refractivity contribution in [3.63, 3.8) is 0 Å². The number of carbonyl (C=O) groups excluding carboxylic acids is 1. The van der Waals surface area contributed by atoms with E-state index in [1.807, 2.05) is 34.8 Å². The maximum atomic E-state index is 12.6. The molecule has 2 aromatic rings. The molecule has 0 bridgehead atoms. The lowest BCUT2D eigenvalue weighted by atomic mass is 9.96. The van der Waals surface area contributed by atoms with Crippen LogP contribution < -0.4 is 4.90 Å². The Balaban J connectivity index is 1.57. The summed E-state index contributed by atoms with van der Waals surface area (Å²) in [5.74, 6) is 2.02. The zero-order valence-electron chi connectivity index (χ0n) is 15.3. The molecule has 1 aliphatic heterocycles. The van der Waals surface area contributed by atoms with Gasteiger partial charge < -0.3 is 14.3 Å². The monoisotopic (exact) mass is 346 g/mol. The largest absolute Gasteiger partial charge is 0.344 e. The van der Waals surface area contributed by atoms with Gasteiger partial charge in [-0.05, 0) is 23.9 Å². The second-order valence-electron chi connectivity index (χ2n) is 7.24. The standard InChI is InChI=1S/C17H26N6O2/c1-12(2)10-23-11-14(9-18-23)16(24)22-7-5-13(6-8-22)15-19-17(20-25-15)21(3)4/h9,11-13H,5-8,10H2,1-4H3. The number of anilines is 1. The van der Waals surface area contributed by atoms with Crippen LogP contribution in [0, 0.1) is 5.92 Å². The first kappa shape index (κ1) is 17.4. The van der Waals surface area contributed by atoms with Crippen LogP contribution in [0.25, 0.3) is 0 Å². The van der Waals surface area contributed by atoms with Crippen LogP contribution in [0.4, 0.5) is 5.95 Å². The number of aromatic nitrogens is 4. The van der Waals surface area contributed by atoms with Crippen LogP contribution in [-0.4, -0.2) is 57.9 Å². The smallest absolute Gasteiger partial charge is 0.265 e. The second-order valence-corrected chi connectivity index (χ2v) is 7.24. The summed E-state index contributed by atoms with van der Waals surface area (Å²) >= 11 is 0. The van der Waals surface area contributed by atoms with Crippen LogP contribution in [0.5, 0.6) is 0 Å². The minimum absolute atomic E-state index is 0.0490. The Hall–Kier alpha value is -2.38.